The van der Waals surface area contributed by atoms with Crippen LogP contribution in [0.4, 0.5) is 0 Å². The average Bonchev–Trinajstić information content (AvgIpc) is 2.40. The summed E-state index contributed by atoms with van der Waals surface area (Å²) in [6.45, 7) is 1.60. The molecule has 4 N–H and O–H groups in total. The standard InChI is InChI=1S/C12H17NO6/c1-2-6-9(16)7(14)3-4-13(6)12-11(18)10(17)8(15)5-19-12/h3-4,8,10-12,15-18H,2,5H2,1H3/t8-,10-,11-,12-/m1/s1. The van der Waals surface area contributed by atoms with E-state index in [0.717, 1.165) is 6.07 Å². The quantitative estimate of drug-likeness (QED) is 0.533. The van der Waals surface area contributed by atoms with Gasteiger partial charge in [0.2, 0.25) is 5.43 Å². The number of aromatic nitrogens is 1. The average molecular weight is 271 g/mol. The first-order chi connectivity index (χ1) is 8.97. The number of hydrogen-bond acceptors (Lipinski definition) is 6. The van der Waals surface area contributed by atoms with Crippen LogP contribution in [0.3, 0.4) is 0 Å². The maximum Gasteiger partial charge on any atom is 0.223 e. The Balaban J connectivity index is 2.42. The van der Waals surface area contributed by atoms with Crippen LogP contribution in [0.5, 0.6) is 5.75 Å². The second-order valence-corrected chi connectivity index (χ2v) is 4.51. The Morgan fingerprint density at radius 2 is 2.05 bits per heavy atom. The Morgan fingerprint density at radius 3 is 2.68 bits per heavy atom. The zero-order valence-electron chi connectivity index (χ0n) is 10.4. The third kappa shape index (κ3) is 2.37. The van der Waals surface area contributed by atoms with E-state index in [1.54, 1.807) is 6.92 Å². The minimum absolute atomic E-state index is 0.140. The summed E-state index contributed by atoms with van der Waals surface area (Å²) in [7, 11) is 0. The summed E-state index contributed by atoms with van der Waals surface area (Å²) < 4.78 is 6.69. The maximum absolute atomic E-state index is 11.4. The van der Waals surface area contributed by atoms with Gasteiger partial charge in [-0.05, 0) is 6.42 Å². The van der Waals surface area contributed by atoms with Crippen LogP contribution < -0.4 is 5.43 Å². The number of pyridine rings is 1. The van der Waals surface area contributed by atoms with E-state index >= 15 is 0 Å². The van der Waals surface area contributed by atoms with Crippen molar-refractivity contribution in [3.05, 3.63) is 28.2 Å². The number of aromatic hydroxyl groups is 1. The van der Waals surface area contributed by atoms with E-state index in [9.17, 15) is 25.2 Å². The molecule has 4 atom stereocenters. The zero-order valence-corrected chi connectivity index (χ0v) is 10.4. The molecule has 2 heterocycles. The molecular weight excluding hydrogens is 254 g/mol. The molecule has 19 heavy (non-hydrogen) atoms. The molecule has 0 radical (unpaired) electrons. The summed E-state index contributed by atoms with van der Waals surface area (Å²) in [5.41, 5.74) is -0.209. The van der Waals surface area contributed by atoms with Crippen molar-refractivity contribution in [2.24, 2.45) is 0 Å². The van der Waals surface area contributed by atoms with E-state index < -0.39 is 35.7 Å². The number of aliphatic hydroxyl groups is 3. The molecule has 1 aromatic rings. The summed E-state index contributed by atoms with van der Waals surface area (Å²) in [5.74, 6) is -0.401. The Bertz CT molecular complexity index is 513. The van der Waals surface area contributed by atoms with E-state index in [0.29, 0.717) is 12.1 Å². The Kier molecular flexibility index (Phi) is 3.91. The molecule has 1 saturated heterocycles. The first-order valence-electron chi connectivity index (χ1n) is 6.06. The van der Waals surface area contributed by atoms with Gasteiger partial charge in [-0.3, -0.25) is 4.79 Å². The van der Waals surface area contributed by atoms with Crippen molar-refractivity contribution in [1.29, 1.82) is 0 Å². The van der Waals surface area contributed by atoms with Gasteiger partial charge in [0.15, 0.2) is 12.0 Å². The third-order valence-corrected chi connectivity index (χ3v) is 3.29. The highest BCUT2D eigenvalue weighted by atomic mass is 16.5. The fourth-order valence-electron chi connectivity index (χ4n) is 2.21. The molecule has 7 heteroatoms. The van der Waals surface area contributed by atoms with E-state index in [4.69, 9.17) is 4.74 Å². The first-order valence-corrected chi connectivity index (χ1v) is 6.06. The van der Waals surface area contributed by atoms with Crippen LogP contribution >= 0.6 is 0 Å². The summed E-state index contributed by atoms with van der Waals surface area (Å²) in [6, 6.07) is 1.15. The molecule has 0 amide bonds. The lowest BCUT2D eigenvalue weighted by atomic mass is 10.0. The molecule has 1 aromatic heterocycles. The molecule has 7 nitrogen and oxygen atoms in total. The highest BCUT2D eigenvalue weighted by molar-refractivity contribution is 5.27. The monoisotopic (exact) mass is 271 g/mol. The lowest BCUT2D eigenvalue weighted by molar-refractivity contribution is -0.211. The largest absolute Gasteiger partial charge is 0.503 e. The van der Waals surface area contributed by atoms with Crippen LogP contribution in [-0.2, 0) is 11.2 Å². The molecule has 1 aliphatic heterocycles. The van der Waals surface area contributed by atoms with Crippen molar-refractivity contribution in [3.63, 3.8) is 0 Å². The second-order valence-electron chi connectivity index (χ2n) is 4.51. The highest BCUT2D eigenvalue weighted by Gasteiger charge is 2.39. The first kappa shape index (κ1) is 14.0. The molecule has 0 spiro atoms. The molecule has 1 fully saturated rings. The fourth-order valence-corrected chi connectivity index (χ4v) is 2.21. The van der Waals surface area contributed by atoms with Gasteiger partial charge in [-0.15, -0.1) is 0 Å². The van der Waals surface area contributed by atoms with Gasteiger partial charge in [0.05, 0.1) is 12.3 Å². The molecule has 0 aliphatic carbocycles. The lowest BCUT2D eigenvalue weighted by Crippen LogP contribution is -2.51. The van der Waals surface area contributed by atoms with Gasteiger partial charge < -0.3 is 29.7 Å². The molecule has 0 aromatic carbocycles. The van der Waals surface area contributed by atoms with Crippen LogP contribution in [0.15, 0.2) is 17.1 Å². The van der Waals surface area contributed by atoms with Gasteiger partial charge in [-0.25, -0.2) is 0 Å². The molecule has 2 rings (SSSR count). The Morgan fingerprint density at radius 1 is 1.37 bits per heavy atom. The topological polar surface area (TPSA) is 112 Å². The van der Waals surface area contributed by atoms with Crippen molar-refractivity contribution in [2.75, 3.05) is 6.61 Å². The molecule has 0 bridgehead atoms. The van der Waals surface area contributed by atoms with E-state index in [2.05, 4.69) is 0 Å². The number of hydrogen-bond donors (Lipinski definition) is 4. The minimum Gasteiger partial charge on any atom is -0.503 e. The molecule has 0 saturated carbocycles. The lowest BCUT2D eigenvalue weighted by Gasteiger charge is -2.37. The number of nitrogens with zero attached hydrogens (tertiary/aromatic N) is 1. The summed E-state index contributed by atoms with van der Waals surface area (Å²) in [5, 5.41) is 38.7. The second kappa shape index (κ2) is 5.30. The highest BCUT2D eigenvalue weighted by Crippen LogP contribution is 2.27. The van der Waals surface area contributed by atoms with Crippen molar-refractivity contribution in [2.45, 2.75) is 37.9 Å². The van der Waals surface area contributed by atoms with Crippen LogP contribution in [0.2, 0.25) is 0 Å². The van der Waals surface area contributed by atoms with Crippen molar-refractivity contribution in [3.8, 4) is 5.75 Å². The number of aliphatic hydroxyl groups excluding tert-OH is 3. The van der Waals surface area contributed by atoms with Crippen LogP contribution in [0.1, 0.15) is 18.8 Å². The Labute approximate surface area is 109 Å². The normalized spacial score (nSPS) is 31.4. The van der Waals surface area contributed by atoms with Crippen LogP contribution in [-0.4, -0.2) is 49.9 Å². The minimum atomic E-state index is -1.35. The van der Waals surface area contributed by atoms with Gasteiger partial charge in [-0.2, -0.15) is 0 Å². The van der Waals surface area contributed by atoms with Gasteiger partial charge in [0.1, 0.15) is 18.3 Å². The van der Waals surface area contributed by atoms with Gasteiger partial charge in [0.25, 0.3) is 0 Å². The van der Waals surface area contributed by atoms with Crippen molar-refractivity contribution >= 4 is 0 Å². The summed E-state index contributed by atoms with van der Waals surface area (Å²) >= 11 is 0. The predicted octanol–water partition coefficient (Wildman–Crippen LogP) is -1.27. The third-order valence-electron chi connectivity index (χ3n) is 3.29. The van der Waals surface area contributed by atoms with Crippen LogP contribution in [0.25, 0.3) is 0 Å². The maximum atomic E-state index is 11.4. The number of ether oxygens (including phenoxy) is 1. The smallest absolute Gasteiger partial charge is 0.223 e. The molecule has 106 valence electrons. The predicted molar refractivity (Wildman–Crippen MR) is 64.8 cm³/mol. The van der Waals surface area contributed by atoms with Crippen LogP contribution in [0, 0.1) is 0 Å². The summed E-state index contributed by atoms with van der Waals surface area (Å²) in [4.78, 5) is 11.4. The molecule has 0 unspecified atom stereocenters. The van der Waals surface area contributed by atoms with Gasteiger partial charge in [0, 0.05) is 12.3 Å². The van der Waals surface area contributed by atoms with E-state index in [-0.39, 0.29) is 6.61 Å². The SMILES string of the molecule is CCc1c(O)c(=O)ccn1[C@@H]1OC[C@@H](O)[C@@H](O)[C@H]1O. The van der Waals surface area contributed by atoms with E-state index in [1.807, 2.05) is 0 Å². The molecular formula is C12H17NO6. The van der Waals surface area contributed by atoms with Crippen molar-refractivity contribution in [1.82, 2.24) is 4.57 Å². The number of rotatable bonds is 2. The van der Waals surface area contributed by atoms with Gasteiger partial charge >= 0.3 is 0 Å². The van der Waals surface area contributed by atoms with E-state index in [1.165, 1.54) is 10.8 Å². The summed E-state index contributed by atoms with van der Waals surface area (Å²) in [6.07, 6.45) is -3.07. The molecule has 1 aliphatic rings. The Hall–Kier alpha value is -1.41. The van der Waals surface area contributed by atoms with Crippen molar-refractivity contribution < 1.29 is 25.2 Å². The van der Waals surface area contributed by atoms with Gasteiger partial charge in [-0.1, -0.05) is 6.92 Å². The zero-order chi connectivity index (χ0) is 14.2. The fraction of sp³-hybridized carbons (Fsp3) is 0.583.